The number of benzene rings is 1. The predicted octanol–water partition coefficient (Wildman–Crippen LogP) is 2.01. The Morgan fingerprint density at radius 1 is 1.33 bits per heavy atom. The fourth-order valence-electron chi connectivity index (χ4n) is 1.63. The summed E-state index contributed by atoms with van der Waals surface area (Å²) in [5, 5.41) is 8.98. The zero-order valence-electron chi connectivity index (χ0n) is 9.59. The van der Waals surface area contributed by atoms with E-state index in [0.29, 0.717) is 0 Å². The van der Waals surface area contributed by atoms with Crippen LogP contribution in [0, 0.1) is 25.2 Å². The Bertz CT molecular complexity index is 416. The Kier molecular flexibility index (Phi) is 3.01. The maximum absolute atomic E-state index is 8.98. The number of rotatable bonds is 2. The monoisotopic (exact) mass is 204 g/mol. The lowest BCUT2D eigenvalue weighted by molar-refractivity contribution is 0.410. The highest BCUT2D eigenvalue weighted by Gasteiger charge is 2.23. The van der Waals surface area contributed by atoms with Crippen molar-refractivity contribution in [2.75, 3.05) is 7.11 Å². The molecule has 1 rings (SSSR count). The lowest BCUT2D eigenvalue weighted by Crippen LogP contribution is -2.31. The summed E-state index contributed by atoms with van der Waals surface area (Å²) in [6.45, 7) is 5.58. The van der Waals surface area contributed by atoms with Gasteiger partial charge in [-0.3, -0.25) is 0 Å². The molecular weight excluding hydrogens is 188 g/mol. The lowest BCUT2D eigenvalue weighted by atomic mass is 9.89. The van der Waals surface area contributed by atoms with Crippen molar-refractivity contribution in [1.82, 2.24) is 0 Å². The normalized spacial score (nSPS) is 14.1. The van der Waals surface area contributed by atoms with Crippen LogP contribution < -0.4 is 10.5 Å². The molecule has 0 radical (unpaired) electrons. The topological polar surface area (TPSA) is 59.0 Å². The van der Waals surface area contributed by atoms with E-state index in [1.807, 2.05) is 26.0 Å². The molecule has 15 heavy (non-hydrogen) atoms. The average molecular weight is 204 g/mol. The van der Waals surface area contributed by atoms with Crippen LogP contribution in [-0.2, 0) is 5.54 Å². The average Bonchev–Trinajstić information content (AvgIpc) is 2.20. The first-order chi connectivity index (χ1) is 6.92. The van der Waals surface area contributed by atoms with E-state index in [1.54, 1.807) is 14.0 Å². The van der Waals surface area contributed by atoms with E-state index in [0.717, 1.165) is 22.4 Å². The van der Waals surface area contributed by atoms with Gasteiger partial charge in [0.15, 0.2) is 0 Å². The molecule has 2 N–H and O–H groups in total. The molecule has 0 saturated heterocycles. The van der Waals surface area contributed by atoms with Gasteiger partial charge in [0.1, 0.15) is 11.3 Å². The smallest absolute Gasteiger partial charge is 0.127 e. The largest absolute Gasteiger partial charge is 0.496 e. The molecule has 0 amide bonds. The van der Waals surface area contributed by atoms with E-state index >= 15 is 0 Å². The molecule has 1 aromatic carbocycles. The molecule has 1 unspecified atom stereocenters. The quantitative estimate of drug-likeness (QED) is 0.801. The van der Waals surface area contributed by atoms with Gasteiger partial charge in [-0.15, -0.1) is 0 Å². The van der Waals surface area contributed by atoms with Crippen LogP contribution in [0.15, 0.2) is 12.1 Å². The second-order valence-electron chi connectivity index (χ2n) is 3.95. The van der Waals surface area contributed by atoms with Crippen LogP contribution in [0.1, 0.15) is 23.6 Å². The van der Waals surface area contributed by atoms with Crippen LogP contribution >= 0.6 is 0 Å². The van der Waals surface area contributed by atoms with E-state index in [9.17, 15) is 0 Å². The van der Waals surface area contributed by atoms with Gasteiger partial charge in [0.05, 0.1) is 13.2 Å². The second kappa shape index (κ2) is 3.92. The summed E-state index contributed by atoms with van der Waals surface area (Å²) in [6.07, 6.45) is 0. The maximum atomic E-state index is 8.98. The van der Waals surface area contributed by atoms with Gasteiger partial charge in [-0.1, -0.05) is 0 Å². The standard InChI is InChI=1S/C12H16N2O/c1-8-6-11(15-4)9(2)5-10(8)12(3,14)7-13/h5-6H,14H2,1-4H3. The van der Waals surface area contributed by atoms with Crippen LogP contribution in [-0.4, -0.2) is 7.11 Å². The molecule has 3 nitrogen and oxygen atoms in total. The molecule has 1 aromatic rings. The van der Waals surface area contributed by atoms with Crippen molar-refractivity contribution in [3.63, 3.8) is 0 Å². The van der Waals surface area contributed by atoms with Gasteiger partial charge in [-0.25, -0.2) is 0 Å². The van der Waals surface area contributed by atoms with Gasteiger partial charge in [0, 0.05) is 0 Å². The van der Waals surface area contributed by atoms with Gasteiger partial charge in [-0.2, -0.15) is 5.26 Å². The minimum Gasteiger partial charge on any atom is -0.496 e. The first-order valence-corrected chi connectivity index (χ1v) is 4.78. The van der Waals surface area contributed by atoms with E-state index < -0.39 is 5.54 Å². The zero-order chi connectivity index (χ0) is 11.6. The molecule has 0 heterocycles. The summed E-state index contributed by atoms with van der Waals surface area (Å²) in [4.78, 5) is 0. The first kappa shape index (κ1) is 11.5. The summed E-state index contributed by atoms with van der Waals surface area (Å²) in [5.74, 6) is 0.824. The molecule has 1 atom stereocenters. The van der Waals surface area contributed by atoms with Crippen molar-refractivity contribution < 1.29 is 4.74 Å². The number of nitrogens with two attached hydrogens (primary N) is 1. The van der Waals surface area contributed by atoms with Crippen molar-refractivity contribution >= 4 is 0 Å². The van der Waals surface area contributed by atoms with Gasteiger partial charge < -0.3 is 10.5 Å². The van der Waals surface area contributed by atoms with Crippen molar-refractivity contribution in [2.45, 2.75) is 26.3 Å². The fourth-order valence-corrected chi connectivity index (χ4v) is 1.63. The Morgan fingerprint density at radius 2 is 1.93 bits per heavy atom. The minimum atomic E-state index is -0.943. The Labute approximate surface area is 90.5 Å². The predicted molar refractivity (Wildman–Crippen MR) is 59.6 cm³/mol. The Hall–Kier alpha value is -1.53. The number of methoxy groups -OCH3 is 1. The number of ether oxygens (including phenoxy) is 1. The molecule has 0 saturated carbocycles. The third-order valence-corrected chi connectivity index (χ3v) is 2.53. The molecule has 80 valence electrons. The van der Waals surface area contributed by atoms with Crippen LogP contribution in [0.3, 0.4) is 0 Å². The van der Waals surface area contributed by atoms with Crippen LogP contribution in [0.5, 0.6) is 5.75 Å². The highest BCUT2D eigenvalue weighted by atomic mass is 16.5. The maximum Gasteiger partial charge on any atom is 0.127 e. The molecule has 0 aliphatic rings. The van der Waals surface area contributed by atoms with Crippen molar-refractivity contribution in [1.29, 1.82) is 5.26 Å². The first-order valence-electron chi connectivity index (χ1n) is 4.78. The van der Waals surface area contributed by atoms with Gasteiger partial charge in [0.2, 0.25) is 0 Å². The second-order valence-corrected chi connectivity index (χ2v) is 3.95. The zero-order valence-corrected chi connectivity index (χ0v) is 9.59. The van der Waals surface area contributed by atoms with Crippen molar-refractivity contribution in [3.8, 4) is 11.8 Å². The third kappa shape index (κ3) is 2.11. The van der Waals surface area contributed by atoms with Crippen LogP contribution in [0.2, 0.25) is 0 Å². The highest BCUT2D eigenvalue weighted by Crippen LogP contribution is 2.28. The van der Waals surface area contributed by atoms with Crippen molar-refractivity contribution in [3.05, 3.63) is 28.8 Å². The molecule has 0 aliphatic heterocycles. The van der Waals surface area contributed by atoms with E-state index in [1.165, 1.54) is 0 Å². The summed E-state index contributed by atoms with van der Waals surface area (Å²) in [5.41, 5.74) is 7.77. The fraction of sp³-hybridized carbons (Fsp3) is 0.417. The number of nitriles is 1. The van der Waals surface area contributed by atoms with Gasteiger partial charge >= 0.3 is 0 Å². The number of nitrogens with zero attached hydrogens (tertiary/aromatic N) is 1. The van der Waals surface area contributed by atoms with Crippen LogP contribution in [0.4, 0.5) is 0 Å². The van der Waals surface area contributed by atoms with E-state index in [2.05, 4.69) is 6.07 Å². The van der Waals surface area contributed by atoms with Crippen LogP contribution in [0.25, 0.3) is 0 Å². The highest BCUT2D eigenvalue weighted by molar-refractivity contribution is 5.46. The van der Waals surface area contributed by atoms with E-state index in [4.69, 9.17) is 15.7 Å². The van der Waals surface area contributed by atoms with E-state index in [-0.39, 0.29) is 0 Å². The summed E-state index contributed by atoms with van der Waals surface area (Å²) in [6, 6.07) is 5.92. The molecular formula is C12H16N2O. The molecule has 0 spiro atoms. The molecule has 0 aromatic heterocycles. The molecule has 0 bridgehead atoms. The number of hydrogen-bond acceptors (Lipinski definition) is 3. The van der Waals surface area contributed by atoms with Gasteiger partial charge in [0.25, 0.3) is 0 Å². The Balaban J connectivity index is 3.36. The molecule has 0 fully saturated rings. The summed E-state index contributed by atoms with van der Waals surface area (Å²) < 4.78 is 5.20. The lowest BCUT2D eigenvalue weighted by Gasteiger charge is -2.20. The summed E-state index contributed by atoms with van der Waals surface area (Å²) >= 11 is 0. The summed E-state index contributed by atoms with van der Waals surface area (Å²) in [7, 11) is 1.63. The van der Waals surface area contributed by atoms with Gasteiger partial charge in [-0.05, 0) is 49.6 Å². The Morgan fingerprint density at radius 3 is 2.40 bits per heavy atom. The minimum absolute atomic E-state index is 0.824. The SMILES string of the molecule is COc1cc(C)c(C(C)(N)C#N)cc1C. The molecule has 0 aliphatic carbocycles. The number of aryl methyl sites for hydroxylation is 2. The number of hydrogen-bond donors (Lipinski definition) is 1. The third-order valence-electron chi connectivity index (χ3n) is 2.53. The van der Waals surface area contributed by atoms with Crippen molar-refractivity contribution in [2.24, 2.45) is 5.73 Å². The molecule has 3 heteroatoms.